The first-order valence-electron chi connectivity index (χ1n) is 10.7. The van der Waals surface area contributed by atoms with Crippen molar-refractivity contribution in [3.8, 4) is 0 Å². The third-order valence-electron chi connectivity index (χ3n) is 5.71. The van der Waals surface area contributed by atoms with Gasteiger partial charge in [-0.1, -0.05) is 24.6 Å². The van der Waals surface area contributed by atoms with Gasteiger partial charge in [0.25, 0.3) is 11.1 Å². The number of carbonyl (C=O) groups is 2. The Balaban J connectivity index is 1.43. The summed E-state index contributed by atoms with van der Waals surface area (Å²) in [6.07, 6.45) is 0.382. The number of pyridine rings is 1. The van der Waals surface area contributed by atoms with Gasteiger partial charge in [-0.05, 0) is 25.0 Å². The van der Waals surface area contributed by atoms with Gasteiger partial charge in [0, 0.05) is 38.4 Å². The summed E-state index contributed by atoms with van der Waals surface area (Å²) < 4.78 is 45.6. The number of rotatable bonds is 5. The highest BCUT2D eigenvalue weighted by atomic mass is 32.2. The van der Waals surface area contributed by atoms with E-state index in [-0.39, 0.29) is 22.1 Å². The maximum absolute atomic E-state index is 13.5. The number of piperazine rings is 1. The standard InChI is InChI=1S/C21H24F3N5O3S/c1-13(30)28-8-10-29(11-9-28)16-7-6-14(12-25-16)26-19(31)17-18(21(22,23)24)27-20(32-17)33-15-4-2-3-5-15/h6-7,12,15H,2-5,8-11H2,1H3,(H,26,31). The van der Waals surface area contributed by atoms with Gasteiger partial charge in [-0.15, -0.1) is 0 Å². The Kier molecular flexibility index (Phi) is 6.82. The van der Waals surface area contributed by atoms with Crippen molar-refractivity contribution in [3.05, 3.63) is 29.8 Å². The molecule has 4 rings (SSSR count). The Morgan fingerprint density at radius 1 is 1.15 bits per heavy atom. The number of nitrogens with zero attached hydrogens (tertiary/aromatic N) is 4. The molecule has 12 heteroatoms. The number of amides is 2. The van der Waals surface area contributed by atoms with Crippen molar-refractivity contribution in [2.24, 2.45) is 0 Å². The molecule has 1 N–H and O–H groups in total. The maximum atomic E-state index is 13.5. The molecule has 0 unspecified atom stereocenters. The van der Waals surface area contributed by atoms with Crippen LogP contribution in [0.1, 0.15) is 48.9 Å². The fraction of sp³-hybridized carbons (Fsp3) is 0.524. The number of hydrogen-bond acceptors (Lipinski definition) is 7. The topological polar surface area (TPSA) is 91.6 Å². The number of aromatic nitrogens is 2. The second-order valence-corrected chi connectivity index (χ2v) is 9.28. The zero-order valence-electron chi connectivity index (χ0n) is 18.0. The van der Waals surface area contributed by atoms with E-state index in [1.165, 1.54) is 13.1 Å². The highest BCUT2D eigenvalue weighted by Gasteiger charge is 2.41. The van der Waals surface area contributed by atoms with Gasteiger partial charge >= 0.3 is 6.18 Å². The largest absolute Gasteiger partial charge is 0.437 e. The SMILES string of the molecule is CC(=O)N1CCN(c2ccc(NC(=O)c3oc(SC4CCCC4)nc3C(F)(F)F)cn2)CC1. The summed E-state index contributed by atoms with van der Waals surface area (Å²) in [4.78, 5) is 35.6. The summed E-state index contributed by atoms with van der Waals surface area (Å²) in [5.41, 5.74) is -1.09. The van der Waals surface area contributed by atoms with E-state index in [2.05, 4.69) is 15.3 Å². The third-order valence-corrected chi connectivity index (χ3v) is 6.89. The molecule has 0 atom stereocenters. The third kappa shape index (κ3) is 5.60. The summed E-state index contributed by atoms with van der Waals surface area (Å²) in [5, 5.41) is 2.42. The number of oxazole rings is 1. The fourth-order valence-corrected chi connectivity index (χ4v) is 5.06. The first-order chi connectivity index (χ1) is 15.7. The fourth-order valence-electron chi connectivity index (χ4n) is 3.93. The van der Waals surface area contributed by atoms with Gasteiger partial charge in [-0.2, -0.15) is 18.2 Å². The van der Waals surface area contributed by atoms with Crippen LogP contribution in [0.5, 0.6) is 0 Å². The van der Waals surface area contributed by atoms with Crippen LogP contribution in [0.3, 0.4) is 0 Å². The number of hydrogen-bond donors (Lipinski definition) is 1. The second kappa shape index (κ2) is 9.62. The van der Waals surface area contributed by atoms with Gasteiger partial charge in [-0.25, -0.2) is 4.98 Å². The van der Waals surface area contributed by atoms with Crippen LogP contribution >= 0.6 is 11.8 Å². The molecule has 2 aliphatic rings. The van der Waals surface area contributed by atoms with Crippen molar-refractivity contribution >= 4 is 35.1 Å². The van der Waals surface area contributed by atoms with Crippen molar-refractivity contribution in [1.29, 1.82) is 0 Å². The first kappa shape index (κ1) is 23.4. The minimum absolute atomic E-state index is 0.0242. The van der Waals surface area contributed by atoms with Gasteiger partial charge in [0.1, 0.15) is 5.82 Å². The van der Waals surface area contributed by atoms with E-state index >= 15 is 0 Å². The highest BCUT2D eigenvalue weighted by Crippen LogP contribution is 2.38. The van der Waals surface area contributed by atoms with Crippen LogP contribution < -0.4 is 10.2 Å². The normalized spacial score (nSPS) is 17.5. The van der Waals surface area contributed by atoms with E-state index in [1.54, 1.807) is 17.0 Å². The Labute approximate surface area is 192 Å². The minimum Gasteiger partial charge on any atom is -0.425 e. The van der Waals surface area contributed by atoms with E-state index < -0.39 is 23.5 Å². The lowest BCUT2D eigenvalue weighted by Gasteiger charge is -2.34. The average Bonchev–Trinajstić information content (AvgIpc) is 3.44. The average molecular weight is 484 g/mol. The van der Waals surface area contributed by atoms with Crippen molar-refractivity contribution in [2.45, 2.75) is 49.3 Å². The number of thioether (sulfide) groups is 1. The molecule has 178 valence electrons. The van der Waals surface area contributed by atoms with E-state index in [0.717, 1.165) is 37.4 Å². The quantitative estimate of drug-likeness (QED) is 0.686. The Bertz CT molecular complexity index is 998. The Morgan fingerprint density at radius 3 is 2.42 bits per heavy atom. The zero-order chi connectivity index (χ0) is 23.6. The van der Waals surface area contributed by atoms with E-state index in [4.69, 9.17) is 4.42 Å². The molecule has 1 aliphatic carbocycles. The Morgan fingerprint density at radius 2 is 1.85 bits per heavy atom. The van der Waals surface area contributed by atoms with Crippen LogP contribution in [0, 0.1) is 0 Å². The number of anilines is 2. The van der Waals surface area contributed by atoms with Crippen molar-refractivity contribution in [1.82, 2.24) is 14.9 Å². The van der Waals surface area contributed by atoms with Crippen molar-refractivity contribution < 1.29 is 27.2 Å². The lowest BCUT2D eigenvalue weighted by Crippen LogP contribution is -2.48. The molecular weight excluding hydrogens is 459 g/mol. The first-order valence-corrected chi connectivity index (χ1v) is 11.6. The molecule has 2 amide bonds. The molecule has 8 nitrogen and oxygen atoms in total. The Hall–Kier alpha value is -2.76. The molecule has 2 fully saturated rings. The predicted molar refractivity (Wildman–Crippen MR) is 116 cm³/mol. The van der Waals surface area contributed by atoms with E-state index in [1.807, 2.05) is 4.90 Å². The number of halogens is 3. The lowest BCUT2D eigenvalue weighted by atomic mass is 10.3. The molecule has 2 aromatic heterocycles. The monoisotopic (exact) mass is 483 g/mol. The smallest absolute Gasteiger partial charge is 0.425 e. The predicted octanol–water partition coefficient (Wildman–Crippen LogP) is 4.04. The molecule has 1 saturated carbocycles. The number of alkyl halides is 3. The van der Waals surface area contributed by atoms with Crippen LogP contribution in [0.25, 0.3) is 0 Å². The van der Waals surface area contributed by atoms with Crippen LogP contribution in [-0.2, 0) is 11.0 Å². The summed E-state index contributed by atoms with van der Waals surface area (Å²) in [6, 6.07) is 3.24. The summed E-state index contributed by atoms with van der Waals surface area (Å²) in [5.74, 6) is -1.21. The van der Waals surface area contributed by atoms with Gasteiger partial charge in [0.15, 0.2) is 5.69 Å². The molecule has 1 aliphatic heterocycles. The highest BCUT2D eigenvalue weighted by molar-refractivity contribution is 7.99. The molecular formula is C21H24F3N5O3S. The van der Waals surface area contributed by atoms with Crippen molar-refractivity contribution in [2.75, 3.05) is 36.4 Å². The number of nitrogens with one attached hydrogen (secondary N) is 1. The molecule has 2 aromatic rings. The summed E-state index contributed by atoms with van der Waals surface area (Å²) in [7, 11) is 0. The lowest BCUT2D eigenvalue weighted by molar-refractivity contribution is -0.141. The maximum Gasteiger partial charge on any atom is 0.437 e. The molecule has 0 spiro atoms. The van der Waals surface area contributed by atoms with Crippen molar-refractivity contribution in [3.63, 3.8) is 0 Å². The molecule has 0 aromatic carbocycles. The molecule has 0 bridgehead atoms. The van der Waals surface area contributed by atoms with Gasteiger partial charge in [0.05, 0.1) is 11.9 Å². The molecule has 1 saturated heterocycles. The molecule has 0 radical (unpaired) electrons. The zero-order valence-corrected chi connectivity index (χ0v) is 18.8. The van der Waals surface area contributed by atoms with Crippen LogP contribution in [-0.4, -0.2) is 58.1 Å². The second-order valence-electron chi connectivity index (χ2n) is 8.03. The van der Waals surface area contributed by atoms with Crippen LogP contribution in [0.2, 0.25) is 0 Å². The van der Waals surface area contributed by atoms with Gasteiger partial charge < -0.3 is 19.5 Å². The molecule has 33 heavy (non-hydrogen) atoms. The van der Waals surface area contributed by atoms with Gasteiger partial charge in [-0.3, -0.25) is 9.59 Å². The summed E-state index contributed by atoms with van der Waals surface area (Å²) in [6.45, 7) is 3.94. The number of carbonyl (C=O) groups excluding carboxylic acids is 2. The van der Waals surface area contributed by atoms with E-state index in [9.17, 15) is 22.8 Å². The van der Waals surface area contributed by atoms with Gasteiger partial charge in [0.2, 0.25) is 11.7 Å². The minimum atomic E-state index is -4.81. The van der Waals surface area contributed by atoms with Crippen LogP contribution in [0.15, 0.2) is 28.0 Å². The summed E-state index contributed by atoms with van der Waals surface area (Å²) >= 11 is 1.15. The molecule has 3 heterocycles. The van der Waals surface area contributed by atoms with Crippen LogP contribution in [0.4, 0.5) is 24.7 Å². The van der Waals surface area contributed by atoms with E-state index in [0.29, 0.717) is 32.0 Å².